The van der Waals surface area contributed by atoms with Crippen LogP contribution in [-0.2, 0) is 16.4 Å². The molecular weight excluding hydrogens is 537 g/mol. The molecule has 2 aromatic carbocycles. The molecule has 2 heterocycles. The van der Waals surface area contributed by atoms with E-state index >= 15 is 0 Å². The van der Waals surface area contributed by atoms with Crippen LogP contribution in [0.4, 0.5) is 4.39 Å². The Morgan fingerprint density at radius 3 is 2.38 bits per heavy atom. The molecule has 0 aliphatic heterocycles. The van der Waals surface area contributed by atoms with Crippen LogP contribution < -0.4 is 11.3 Å². The van der Waals surface area contributed by atoms with E-state index in [-0.39, 0.29) is 36.6 Å². The van der Waals surface area contributed by atoms with Gasteiger partial charge in [-0.05, 0) is 63.6 Å². The molecule has 2 atom stereocenters. The summed E-state index contributed by atoms with van der Waals surface area (Å²) in [6, 6.07) is 11.3. The van der Waals surface area contributed by atoms with Crippen LogP contribution in [0.2, 0.25) is 0 Å². The van der Waals surface area contributed by atoms with Crippen LogP contribution in [0.15, 0.2) is 57.8 Å². The maximum atomic E-state index is 14.0. The van der Waals surface area contributed by atoms with Crippen LogP contribution in [0.25, 0.3) is 11.1 Å². The molecule has 1 unspecified atom stereocenters. The first-order valence-electron chi connectivity index (χ1n) is 12.8. The van der Waals surface area contributed by atoms with Gasteiger partial charge in [0.05, 0.1) is 17.5 Å². The first kappa shape index (κ1) is 29.1. The third-order valence-corrected chi connectivity index (χ3v) is 8.54. The van der Waals surface area contributed by atoms with Crippen LogP contribution in [0.1, 0.15) is 52.4 Å². The summed E-state index contributed by atoms with van der Waals surface area (Å²) in [6.45, 7) is 5.26. The highest BCUT2D eigenvalue weighted by molar-refractivity contribution is 7.91. The lowest BCUT2D eigenvalue weighted by Crippen LogP contribution is -2.46. The molecular formula is C28H32FN5O5S. The molecule has 0 fully saturated rings. The van der Waals surface area contributed by atoms with Gasteiger partial charge in [-0.2, -0.15) is 4.98 Å². The Labute approximate surface area is 231 Å². The number of aromatic nitrogens is 3. The summed E-state index contributed by atoms with van der Waals surface area (Å²) in [4.78, 5) is 33.8. The smallest absolute Gasteiger partial charge is 0.267 e. The highest BCUT2D eigenvalue weighted by atomic mass is 32.2. The van der Waals surface area contributed by atoms with Crippen LogP contribution in [0, 0.1) is 19.7 Å². The zero-order chi connectivity index (χ0) is 29.2. The monoisotopic (exact) mass is 569 g/mol. The summed E-state index contributed by atoms with van der Waals surface area (Å²) in [5, 5.41) is 2.84. The van der Waals surface area contributed by atoms with E-state index in [9.17, 15) is 22.4 Å². The number of carbonyl (C=O) groups is 1. The number of nitrogens with two attached hydrogens (primary N) is 1. The second kappa shape index (κ2) is 11.7. The number of carbonyl (C=O) groups excluding carboxylic acids is 1. The lowest BCUT2D eigenvalue weighted by atomic mass is 10.1. The second-order valence-electron chi connectivity index (χ2n) is 9.92. The normalized spacial score (nSPS) is 13.3. The van der Waals surface area contributed by atoms with E-state index in [1.165, 1.54) is 40.7 Å². The number of benzene rings is 2. The average molecular weight is 570 g/mol. The molecule has 4 rings (SSSR count). The first-order chi connectivity index (χ1) is 18.9. The van der Waals surface area contributed by atoms with Gasteiger partial charge in [0.1, 0.15) is 23.1 Å². The minimum absolute atomic E-state index is 0.00776. The van der Waals surface area contributed by atoms with Crippen molar-refractivity contribution in [3.63, 3.8) is 0 Å². The fourth-order valence-electron chi connectivity index (χ4n) is 4.56. The van der Waals surface area contributed by atoms with Gasteiger partial charge in [0, 0.05) is 18.4 Å². The van der Waals surface area contributed by atoms with E-state index in [1.807, 2.05) is 6.92 Å². The van der Waals surface area contributed by atoms with E-state index in [2.05, 4.69) is 10.1 Å². The molecule has 10 nitrogen and oxygen atoms in total. The number of hydrogen-bond donors (Lipinski definition) is 1. The molecule has 0 aliphatic carbocycles. The number of amides is 1. The van der Waals surface area contributed by atoms with Crippen molar-refractivity contribution in [2.75, 3.05) is 19.3 Å². The minimum Gasteiger partial charge on any atom is -0.335 e. The quantitative estimate of drug-likeness (QED) is 0.307. The van der Waals surface area contributed by atoms with Crippen molar-refractivity contribution >= 4 is 26.8 Å². The highest BCUT2D eigenvalue weighted by Gasteiger charge is 2.39. The number of nitrogens with zero attached hydrogens (tertiary/aromatic N) is 4. The van der Waals surface area contributed by atoms with Gasteiger partial charge in [-0.3, -0.25) is 14.2 Å². The zero-order valence-corrected chi connectivity index (χ0v) is 23.6. The van der Waals surface area contributed by atoms with Crippen molar-refractivity contribution in [2.24, 2.45) is 5.73 Å². The van der Waals surface area contributed by atoms with Crippen molar-refractivity contribution in [1.29, 1.82) is 0 Å². The van der Waals surface area contributed by atoms with Gasteiger partial charge < -0.3 is 15.2 Å². The number of hydrogen-bond acceptors (Lipinski definition) is 8. The van der Waals surface area contributed by atoms with E-state index in [1.54, 1.807) is 31.2 Å². The van der Waals surface area contributed by atoms with Gasteiger partial charge in [0.2, 0.25) is 0 Å². The van der Waals surface area contributed by atoms with Crippen molar-refractivity contribution in [3.8, 4) is 0 Å². The SMILES string of the molecule is Cc1ccc(C(=O)N(CCCN)C(c2nc3onc(C)c3c(=O)n2Cc2ccc(F)cc2)[C@@H](C)S(C)(=O)=O)cc1. The lowest BCUT2D eigenvalue weighted by Gasteiger charge is -2.35. The molecule has 1 amide bonds. The van der Waals surface area contributed by atoms with Crippen molar-refractivity contribution in [1.82, 2.24) is 19.6 Å². The standard InChI is InChI=1S/C28H32FN5O5S/c1-17-6-10-21(11-7-17)27(35)33(15-5-14-30)24(19(3)40(4,37)38)25-31-26-23(18(2)32-39-26)28(36)34(25)16-20-8-12-22(29)13-9-20/h6-13,19,24H,5,14-16,30H2,1-4H3/t19-,24?/m1/s1. The maximum absolute atomic E-state index is 14.0. The summed E-state index contributed by atoms with van der Waals surface area (Å²) in [7, 11) is -3.78. The molecule has 0 spiro atoms. The van der Waals surface area contributed by atoms with Crippen LogP contribution in [0.3, 0.4) is 0 Å². The van der Waals surface area contributed by atoms with Crippen molar-refractivity contribution < 1.29 is 22.1 Å². The zero-order valence-electron chi connectivity index (χ0n) is 22.8. The molecule has 0 bridgehead atoms. The van der Waals surface area contributed by atoms with E-state index < -0.39 is 38.4 Å². The third-order valence-electron chi connectivity index (χ3n) is 6.93. The van der Waals surface area contributed by atoms with Crippen LogP contribution >= 0.6 is 0 Å². The molecule has 12 heteroatoms. The first-order valence-corrected chi connectivity index (χ1v) is 14.8. The second-order valence-corrected chi connectivity index (χ2v) is 12.3. The van der Waals surface area contributed by atoms with Gasteiger partial charge in [0.15, 0.2) is 9.84 Å². The summed E-state index contributed by atoms with van der Waals surface area (Å²) >= 11 is 0. The fraction of sp³-hybridized carbons (Fsp3) is 0.357. The van der Waals surface area contributed by atoms with Gasteiger partial charge in [-0.25, -0.2) is 12.8 Å². The molecule has 4 aromatic rings. The third kappa shape index (κ3) is 5.97. The van der Waals surface area contributed by atoms with E-state index in [0.29, 0.717) is 23.2 Å². The topological polar surface area (TPSA) is 141 Å². The summed E-state index contributed by atoms with van der Waals surface area (Å²) < 4.78 is 46.3. The molecule has 0 radical (unpaired) electrons. The largest absolute Gasteiger partial charge is 0.335 e. The molecule has 40 heavy (non-hydrogen) atoms. The van der Waals surface area contributed by atoms with Gasteiger partial charge in [0.25, 0.3) is 17.2 Å². The lowest BCUT2D eigenvalue weighted by molar-refractivity contribution is 0.0659. The van der Waals surface area contributed by atoms with Crippen LogP contribution in [-0.4, -0.2) is 58.5 Å². The minimum atomic E-state index is -3.78. The Balaban J connectivity index is 2.00. The average Bonchev–Trinajstić information content (AvgIpc) is 3.29. The summed E-state index contributed by atoms with van der Waals surface area (Å²) in [6.07, 6.45) is 1.44. The Bertz CT molecular complexity index is 1680. The highest BCUT2D eigenvalue weighted by Crippen LogP contribution is 2.30. The molecule has 0 saturated heterocycles. The van der Waals surface area contributed by atoms with Crippen molar-refractivity contribution in [3.05, 3.63) is 92.9 Å². The van der Waals surface area contributed by atoms with Gasteiger partial charge in [-0.15, -0.1) is 0 Å². The number of fused-ring (bicyclic) bond motifs is 1. The number of sulfone groups is 1. The molecule has 0 saturated carbocycles. The molecule has 212 valence electrons. The predicted molar refractivity (Wildman–Crippen MR) is 149 cm³/mol. The molecule has 2 aromatic heterocycles. The molecule has 2 N–H and O–H groups in total. The maximum Gasteiger partial charge on any atom is 0.267 e. The van der Waals surface area contributed by atoms with Crippen LogP contribution in [0.5, 0.6) is 0 Å². The molecule has 0 aliphatic rings. The van der Waals surface area contributed by atoms with Crippen molar-refractivity contribution in [2.45, 2.75) is 45.0 Å². The Kier molecular flexibility index (Phi) is 8.50. The number of halogens is 1. The Morgan fingerprint density at radius 1 is 1.12 bits per heavy atom. The van der Waals surface area contributed by atoms with E-state index in [4.69, 9.17) is 10.3 Å². The number of aryl methyl sites for hydroxylation is 2. The Hall–Kier alpha value is -3.90. The van der Waals surface area contributed by atoms with Gasteiger partial charge >= 0.3 is 0 Å². The van der Waals surface area contributed by atoms with E-state index in [0.717, 1.165) is 11.8 Å². The fourth-order valence-corrected chi connectivity index (χ4v) is 5.30. The predicted octanol–water partition coefficient (Wildman–Crippen LogP) is 3.15. The number of rotatable bonds is 10. The summed E-state index contributed by atoms with van der Waals surface area (Å²) in [5.41, 5.74) is 7.40. The Morgan fingerprint density at radius 2 is 1.77 bits per heavy atom. The van der Waals surface area contributed by atoms with Gasteiger partial charge in [-0.1, -0.05) is 35.0 Å². The summed E-state index contributed by atoms with van der Waals surface area (Å²) in [5.74, 6) is -0.876.